The van der Waals surface area contributed by atoms with Crippen molar-refractivity contribution in [2.75, 3.05) is 26.7 Å². The Balaban J connectivity index is 1.22. The summed E-state index contributed by atoms with van der Waals surface area (Å²) in [6.07, 6.45) is 11.1. The highest BCUT2D eigenvalue weighted by molar-refractivity contribution is 5.45. The first-order valence-corrected chi connectivity index (χ1v) is 8.02. The smallest absolute Gasteiger partial charge is 0.107 e. The molecule has 19 heavy (non-hydrogen) atoms. The fraction of sp³-hybridized carbons (Fsp3) is 0.875. The number of hydrogen-bond acceptors (Lipinski definition) is 3. The van der Waals surface area contributed by atoms with E-state index in [1.165, 1.54) is 32.1 Å². The summed E-state index contributed by atoms with van der Waals surface area (Å²) in [5.74, 6) is 0.456. The molecule has 0 aromatic rings. The second-order valence-corrected chi connectivity index (χ2v) is 6.82. The molecule has 1 unspecified atom stereocenters. The van der Waals surface area contributed by atoms with Gasteiger partial charge in [0.2, 0.25) is 0 Å². The Morgan fingerprint density at radius 1 is 1.37 bits per heavy atom. The van der Waals surface area contributed by atoms with Gasteiger partial charge in [-0.15, -0.1) is 0 Å². The quantitative estimate of drug-likeness (QED) is 0.420. The molecule has 0 radical (unpaired) electrons. The molecule has 3 aliphatic rings. The molecule has 2 fully saturated rings. The normalized spacial score (nSPS) is 27.4. The third-order valence-electron chi connectivity index (χ3n) is 5.23. The maximum Gasteiger partial charge on any atom is 0.107 e. The van der Waals surface area contributed by atoms with Crippen molar-refractivity contribution in [3.8, 4) is 0 Å². The van der Waals surface area contributed by atoms with Gasteiger partial charge in [-0.25, -0.2) is 0 Å². The van der Waals surface area contributed by atoms with Crippen LogP contribution < -0.4 is 5.32 Å². The first-order valence-electron chi connectivity index (χ1n) is 8.02. The third-order valence-corrected chi connectivity index (χ3v) is 5.23. The lowest BCUT2D eigenvalue weighted by molar-refractivity contribution is 0.0408. The third kappa shape index (κ3) is 3.39. The largest absolute Gasteiger partial charge is 0.378 e. The van der Waals surface area contributed by atoms with Crippen LogP contribution in [-0.4, -0.2) is 42.9 Å². The SMILES string of the molecule is CN1CCC(C(O)NCCCCC2=CC23CC3)CC1. The molecule has 2 N–H and O–H groups in total. The lowest BCUT2D eigenvalue weighted by Gasteiger charge is -2.32. The van der Waals surface area contributed by atoms with Gasteiger partial charge in [-0.2, -0.15) is 0 Å². The molecular weight excluding hydrogens is 236 g/mol. The van der Waals surface area contributed by atoms with Crippen molar-refractivity contribution in [2.45, 2.75) is 51.2 Å². The van der Waals surface area contributed by atoms with Gasteiger partial charge in [-0.05, 0) is 71.6 Å². The number of piperidine rings is 1. The van der Waals surface area contributed by atoms with Crippen molar-refractivity contribution in [2.24, 2.45) is 11.3 Å². The molecule has 108 valence electrons. The number of rotatable bonds is 7. The summed E-state index contributed by atoms with van der Waals surface area (Å²) in [5.41, 5.74) is 2.39. The van der Waals surface area contributed by atoms with Crippen LogP contribution in [0, 0.1) is 11.3 Å². The molecule has 1 spiro atoms. The van der Waals surface area contributed by atoms with Gasteiger partial charge in [0.1, 0.15) is 6.23 Å². The number of unbranched alkanes of at least 4 members (excludes halogenated alkanes) is 1. The van der Waals surface area contributed by atoms with Crippen molar-refractivity contribution < 1.29 is 5.11 Å². The van der Waals surface area contributed by atoms with Crippen molar-refractivity contribution >= 4 is 0 Å². The van der Waals surface area contributed by atoms with E-state index in [0.29, 0.717) is 11.3 Å². The zero-order chi connectivity index (χ0) is 13.3. The standard InChI is InChI=1S/C16H28N2O/c1-18-10-5-13(6-11-18)15(19)17-9-3-2-4-14-12-16(14)7-8-16/h12-13,15,17,19H,2-11H2,1H3. The number of likely N-dealkylation sites (tertiary alicyclic amines) is 1. The molecule has 3 rings (SSSR count). The van der Waals surface area contributed by atoms with E-state index < -0.39 is 0 Å². The average molecular weight is 264 g/mol. The molecule has 1 heterocycles. The number of allylic oxidation sites excluding steroid dienone is 2. The lowest BCUT2D eigenvalue weighted by Crippen LogP contribution is -2.42. The average Bonchev–Trinajstić information content (AvgIpc) is 3.31. The monoisotopic (exact) mass is 264 g/mol. The molecule has 2 aliphatic carbocycles. The Hall–Kier alpha value is -0.380. The minimum atomic E-state index is -0.288. The molecule has 0 amide bonds. The number of hydrogen-bond donors (Lipinski definition) is 2. The van der Waals surface area contributed by atoms with Crippen molar-refractivity contribution in [1.29, 1.82) is 0 Å². The molecule has 0 aromatic heterocycles. The van der Waals surface area contributed by atoms with Crippen LogP contribution >= 0.6 is 0 Å². The van der Waals surface area contributed by atoms with Crippen LogP contribution in [0.25, 0.3) is 0 Å². The Morgan fingerprint density at radius 2 is 2.11 bits per heavy atom. The van der Waals surface area contributed by atoms with E-state index in [1.807, 2.05) is 0 Å². The fourth-order valence-corrected chi connectivity index (χ4v) is 3.42. The fourth-order valence-electron chi connectivity index (χ4n) is 3.42. The summed E-state index contributed by atoms with van der Waals surface area (Å²) in [4.78, 5) is 2.35. The molecule has 1 saturated heterocycles. The van der Waals surface area contributed by atoms with Gasteiger partial charge in [0.25, 0.3) is 0 Å². The van der Waals surface area contributed by atoms with Crippen LogP contribution in [0.1, 0.15) is 44.9 Å². The Morgan fingerprint density at radius 3 is 2.74 bits per heavy atom. The highest BCUT2D eigenvalue weighted by Gasteiger charge is 2.53. The van der Waals surface area contributed by atoms with Gasteiger partial charge in [-0.1, -0.05) is 11.6 Å². The Labute approximate surface area is 117 Å². The van der Waals surface area contributed by atoms with Crippen LogP contribution in [-0.2, 0) is 0 Å². The zero-order valence-electron chi connectivity index (χ0n) is 12.2. The first kappa shape index (κ1) is 13.6. The summed E-state index contributed by atoms with van der Waals surface area (Å²) >= 11 is 0. The Bertz CT molecular complexity index is 341. The molecule has 1 atom stereocenters. The second kappa shape index (κ2) is 5.55. The van der Waals surface area contributed by atoms with Gasteiger partial charge >= 0.3 is 0 Å². The number of aliphatic hydroxyl groups is 1. The van der Waals surface area contributed by atoms with E-state index >= 15 is 0 Å². The summed E-state index contributed by atoms with van der Waals surface area (Å²) in [5, 5.41) is 13.4. The maximum absolute atomic E-state index is 10.1. The van der Waals surface area contributed by atoms with Crippen LogP contribution in [0.4, 0.5) is 0 Å². The van der Waals surface area contributed by atoms with Crippen molar-refractivity contribution in [3.05, 3.63) is 11.6 Å². The first-order chi connectivity index (χ1) is 9.20. The van der Waals surface area contributed by atoms with E-state index in [1.54, 1.807) is 5.57 Å². The molecule has 1 saturated carbocycles. The zero-order valence-corrected chi connectivity index (χ0v) is 12.2. The van der Waals surface area contributed by atoms with E-state index in [4.69, 9.17) is 0 Å². The summed E-state index contributed by atoms with van der Waals surface area (Å²) in [6, 6.07) is 0. The molecule has 0 aromatic carbocycles. The predicted octanol–water partition coefficient (Wildman–Crippen LogP) is 2.13. The molecule has 3 heteroatoms. The topological polar surface area (TPSA) is 35.5 Å². The van der Waals surface area contributed by atoms with Gasteiger partial charge in [0.15, 0.2) is 0 Å². The minimum absolute atomic E-state index is 0.288. The molecular formula is C16H28N2O. The van der Waals surface area contributed by atoms with Gasteiger partial charge in [0, 0.05) is 11.3 Å². The highest BCUT2D eigenvalue weighted by Crippen LogP contribution is 2.65. The Kier molecular flexibility index (Phi) is 3.97. The number of nitrogens with one attached hydrogen (secondary N) is 1. The molecule has 0 bridgehead atoms. The van der Waals surface area contributed by atoms with E-state index in [2.05, 4.69) is 23.3 Å². The summed E-state index contributed by atoms with van der Waals surface area (Å²) < 4.78 is 0. The summed E-state index contributed by atoms with van der Waals surface area (Å²) in [7, 11) is 2.16. The molecule has 1 aliphatic heterocycles. The van der Waals surface area contributed by atoms with Gasteiger partial charge in [0.05, 0.1) is 0 Å². The molecule has 3 nitrogen and oxygen atoms in total. The van der Waals surface area contributed by atoms with Crippen LogP contribution in [0.3, 0.4) is 0 Å². The van der Waals surface area contributed by atoms with E-state index in [9.17, 15) is 5.11 Å². The van der Waals surface area contributed by atoms with Crippen molar-refractivity contribution in [1.82, 2.24) is 10.2 Å². The lowest BCUT2D eigenvalue weighted by atomic mass is 9.95. The van der Waals surface area contributed by atoms with E-state index in [0.717, 1.165) is 32.5 Å². The minimum Gasteiger partial charge on any atom is -0.378 e. The maximum atomic E-state index is 10.1. The van der Waals surface area contributed by atoms with Gasteiger partial charge < -0.3 is 10.0 Å². The van der Waals surface area contributed by atoms with Gasteiger partial charge in [-0.3, -0.25) is 5.32 Å². The second-order valence-electron chi connectivity index (χ2n) is 6.82. The highest BCUT2D eigenvalue weighted by atomic mass is 16.3. The summed E-state index contributed by atoms with van der Waals surface area (Å²) in [6.45, 7) is 3.22. The van der Waals surface area contributed by atoms with E-state index in [-0.39, 0.29) is 6.23 Å². The number of aliphatic hydroxyl groups excluding tert-OH is 1. The van der Waals surface area contributed by atoms with Crippen molar-refractivity contribution in [3.63, 3.8) is 0 Å². The van der Waals surface area contributed by atoms with Crippen LogP contribution in [0.2, 0.25) is 0 Å². The number of nitrogens with zero attached hydrogens (tertiary/aromatic N) is 1. The van der Waals surface area contributed by atoms with Crippen LogP contribution in [0.15, 0.2) is 11.6 Å². The predicted molar refractivity (Wildman–Crippen MR) is 77.8 cm³/mol. The van der Waals surface area contributed by atoms with Crippen LogP contribution in [0.5, 0.6) is 0 Å².